The second kappa shape index (κ2) is 4.53. The van der Waals surface area contributed by atoms with Crippen molar-refractivity contribution in [2.24, 2.45) is 5.92 Å². The Hall–Kier alpha value is -2.10. The first-order chi connectivity index (χ1) is 9.13. The smallest absolute Gasteiger partial charge is 0.336 e. The molecular weight excluding hydrogens is 242 g/mol. The number of fused-ring (bicyclic) bond motifs is 1. The number of rotatable bonds is 2. The molecule has 3 rings (SSSR count). The first-order valence-corrected chi connectivity index (χ1v) is 6.45. The monoisotopic (exact) mass is 257 g/mol. The number of amides is 1. The molecule has 0 radical (unpaired) electrons. The Balaban J connectivity index is 2.03. The summed E-state index contributed by atoms with van der Waals surface area (Å²) in [4.78, 5) is 23.7. The molecule has 0 aromatic carbocycles. The summed E-state index contributed by atoms with van der Waals surface area (Å²) >= 11 is 0. The van der Waals surface area contributed by atoms with Gasteiger partial charge in [0.1, 0.15) is 5.76 Å². The lowest BCUT2D eigenvalue weighted by Gasteiger charge is -2.20. The van der Waals surface area contributed by atoms with Crippen LogP contribution in [0.5, 0.6) is 0 Å². The summed E-state index contributed by atoms with van der Waals surface area (Å²) in [6.07, 6.45) is 7.54. The number of allylic oxidation sites excluding steroid dienone is 3. The van der Waals surface area contributed by atoms with E-state index in [1.54, 1.807) is 0 Å². The topological polar surface area (TPSA) is 59.3 Å². The average molecular weight is 257 g/mol. The molecule has 1 aliphatic heterocycles. The van der Waals surface area contributed by atoms with Gasteiger partial charge in [-0.25, -0.2) is 4.79 Å². The van der Waals surface area contributed by atoms with Crippen molar-refractivity contribution < 1.29 is 9.21 Å². The summed E-state index contributed by atoms with van der Waals surface area (Å²) in [6, 6.07) is 1.44. The second-order valence-corrected chi connectivity index (χ2v) is 5.09. The highest BCUT2D eigenvalue weighted by atomic mass is 16.4. The van der Waals surface area contributed by atoms with Crippen LogP contribution in [0.2, 0.25) is 0 Å². The van der Waals surface area contributed by atoms with E-state index in [0.29, 0.717) is 35.8 Å². The van der Waals surface area contributed by atoms with Gasteiger partial charge in [0.05, 0.1) is 5.56 Å². The molecule has 2 heterocycles. The first kappa shape index (κ1) is 12.0. The van der Waals surface area contributed by atoms with Gasteiger partial charge < -0.3 is 9.73 Å². The molecule has 1 atom stereocenters. The van der Waals surface area contributed by atoms with Crippen molar-refractivity contribution >= 4 is 5.91 Å². The average Bonchev–Trinajstić information content (AvgIpc) is 2.79. The number of carbonyl (C=O) groups is 1. The lowest BCUT2D eigenvalue weighted by molar-refractivity contribution is 0.0952. The fourth-order valence-corrected chi connectivity index (χ4v) is 2.76. The molecule has 0 spiro atoms. The normalized spacial score (nSPS) is 21.4. The third kappa shape index (κ3) is 2.26. The van der Waals surface area contributed by atoms with E-state index in [9.17, 15) is 9.59 Å². The minimum atomic E-state index is -0.391. The Bertz CT molecular complexity index is 639. The van der Waals surface area contributed by atoms with E-state index in [-0.39, 0.29) is 5.91 Å². The van der Waals surface area contributed by atoms with E-state index in [0.717, 1.165) is 18.4 Å². The molecule has 0 saturated heterocycles. The standard InChI is InChI=1S/C15H15NO3/c1-9-6-12-14(15(18)16-9)11(8-13(17)19-12)7-10-4-2-3-5-10/h2,4,8,10H,1,3,5-7H2,(H,16,18). The van der Waals surface area contributed by atoms with Crippen LogP contribution in [-0.2, 0) is 12.8 Å². The fraction of sp³-hybridized carbons (Fsp3) is 0.333. The minimum Gasteiger partial charge on any atom is -0.427 e. The molecule has 98 valence electrons. The molecule has 2 aliphatic rings. The Kier molecular flexibility index (Phi) is 2.85. The van der Waals surface area contributed by atoms with Gasteiger partial charge in [-0.2, -0.15) is 0 Å². The molecule has 4 nitrogen and oxygen atoms in total. The van der Waals surface area contributed by atoms with Crippen LogP contribution in [0.15, 0.2) is 39.7 Å². The Morgan fingerprint density at radius 3 is 3.00 bits per heavy atom. The number of hydrogen-bond donors (Lipinski definition) is 1. The predicted molar refractivity (Wildman–Crippen MR) is 70.9 cm³/mol. The highest BCUT2D eigenvalue weighted by Gasteiger charge is 2.26. The molecule has 0 bridgehead atoms. The molecule has 1 aromatic heterocycles. The maximum absolute atomic E-state index is 12.0. The molecule has 1 amide bonds. The first-order valence-electron chi connectivity index (χ1n) is 6.45. The van der Waals surface area contributed by atoms with Crippen molar-refractivity contribution in [3.8, 4) is 0 Å². The van der Waals surface area contributed by atoms with Crippen LogP contribution < -0.4 is 10.9 Å². The van der Waals surface area contributed by atoms with Gasteiger partial charge in [0, 0.05) is 18.2 Å². The van der Waals surface area contributed by atoms with Gasteiger partial charge in [-0.15, -0.1) is 0 Å². The molecule has 0 fully saturated rings. The van der Waals surface area contributed by atoms with Gasteiger partial charge in [0.25, 0.3) is 5.91 Å². The van der Waals surface area contributed by atoms with Gasteiger partial charge in [-0.1, -0.05) is 18.7 Å². The van der Waals surface area contributed by atoms with E-state index < -0.39 is 5.63 Å². The molecule has 0 saturated carbocycles. The number of carbonyl (C=O) groups excluding carboxylic acids is 1. The van der Waals surface area contributed by atoms with E-state index in [4.69, 9.17) is 4.42 Å². The zero-order chi connectivity index (χ0) is 13.4. The fourth-order valence-electron chi connectivity index (χ4n) is 2.76. The summed E-state index contributed by atoms with van der Waals surface area (Å²) in [6.45, 7) is 3.72. The third-order valence-electron chi connectivity index (χ3n) is 3.60. The van der Waals surface area contributed by atoms with E-state index in [2.05, 4.69) is 24.0 Å². The Labute approximate surface area is 110 Å². The van der Waals surface area contributed by atoms with Crippen LogP contribution in [0.3, 0.4) is 0 Å². The summed E-state index contributed by atoms with van der Waals surface area (Å²) in [5.74, 6) is 0.633. The summed E-state index contributed by atoms with van der Waals surface area (Å²) < 4.78 is 5.15. The van der Waals surface area contributed by atoms with E-state index in [1.807, 2.05) is 0 Å². The van der Waals surface area contributed by atoms with Crippen LogP contribution in [0.4, 0.5) is 0 Å². The zero-order valence-corrected chi connectivity index (χ0v) is 10.6. The second-order valence-electron chi connectivity index (χ2n) is 5.09. The molecule has 1 unspecified atom stereocenters. The SMILES string of the molecule is C=C1Cc2oc(=O)cc(CC3C=CCC3)c2C(=O)N1. The van der Waals surface area contributed by atoms with Crippen LogP contribution in [0.25, 0.3) is 0 Å². The van der Waals surface area contributed by atoms with Gasteiger partial charge in [0.2, 0.25) is 0 Å². The zero-order valence-electron chi connectivity index (χ0n) is 10.6. The van der Waals surface area contributed by atoms with Crippen molar-refractivity contribution in [3.63, 3.8) is 0 Å². The van der Waals surface area contributed by atoms with Crippen LogP contribution in [0.1, 0.15) is 34.5 Å². The van der Waals surface area contributed by atoms with Gasteiger partial charge >= 0.3 is 5.63 Å². The summed E-state index contributed by atoms with van der Waals surface area (Å²) in [5, 5.41) is 2.71. The summed E-state index contributed by atoms with van der Waals surface area (Å²) in [5.41, 5.74) is 1.48. The van der Waals surface area contributed by atoms with Gasteiger partial charge in [-0.3, -0.25) is 4.79 Å². The summed E-state index contributed by atoms with van der Waals surface area (Å²) in [7, 11) is 0. The minimum absolute atomic E-state index is 0.216. The van der Waals surface area contributed by atoms with Crippen LogP contribution in [-0.4, -0.2) is 5.91 Å². The lowest BCUT2D eigenvalue weighted by Crippen LogP contribution is -2.32. The highest BCUT2D eigenvalue weighted by molar-refractivity contribution is 5.98. The van der Waals surface area contributed by atoms with Crippen molar-refractivity contribution in [2.75, 3.05) is 0 Å². The largest absolute Gasteiger partial charge is 0.427 e. The Morgan fingerprint density at radius 2 is 2.26 bits per heavy atom. The van der Waals surface area contributed by atoms with E-state index >= 15 is 0 Å². The molecule has 1 N–H and O–H groups in total. The molecule has 1 aromatic rings. The maximum Gasteiger partial charge on any atom is 0.336 e. The molecule has 19 heavy (non-hydrogen) atoms. The van der Waals surface area contributed by atoms with Crippen molar-refractivity contribution in [1.29, 1.82) is 0 Å². The Morgan fingerprint density at radius 1 is 1.42 bits per heavy atom. The van der Waals surface area contributed by atoms with Crippen molar-refractivity contribution in [1.82, 2.24) is 5.32 Å². The number of hydrogen-bond acceptors (Lipinski definition) is 3. The maximum atomic E-state index is 12.0. The van der Waals surface area contributed by atoms with Gasteiger partial charge in [-0.05, 0) is 30.7 Å². The predicted octanol–water partition coefficient (Wildman–Crippen LogP) is 1.95. The van der Waals surface area contributed by atoms with Crippen LogP contribution >= 0.6 is 0 Å². The number of nitrogens with one attached hydrogen (secondary N) is 1. The van der Waals surface area contributed by atoms with Crippen LogP contribution in [0, 0.1) is 5.92 Å². The highest BCUT2D eigenvalue weighted by Crippen LogP contribution is 2.26. The molecule has 4 heteroatoms. The van der Waals surface area contributed by atoms with Crippen molar-refractivity contribution in [3.05, 3.63) is 57.8 Å². The van der Waals surface area contributed by atoms with Crippen molar-refractivity contribution in [2.45, 2.75) is 25.7 Å². The third-order valence-corrected chi connectivity index (χ3v) is 3.60. The molecule has 1 aliphatic carbocycles. The quantitative estimate of drug-likeness (QED) is 0.824. The lowest BCUT2D eigenvalue weighted by atomic mass is 9.93. The molecular formula is C15H15NO3. The van der Waals surface area contributed by atoms with Gasteiger partial charge in [0.15, 0.2) is 0 Å². The van der Waals surface area contributed by atoms with E-state index in [1.165, 1.54) is 6.07 Å².